The number of carboxylic acid groups (broad SMARTS) is 1. The Labute approximate surface area is 194 Å². The Morgan fingerprint density at radius 2 is 1.73 bits per heavy atom. The summed E-state index contributed by atoms with van der Waals surface area (Å²) in [6, 6.07) is 21.7. The summed E-state index contributed by atoms with van der Waals surface area (Å²) in [6.45, 7) is 0. The number of fused-ring (bicyclic) bond motifs is 1. The summed E-state index contributed by atoms with van der Waals surface area (Å²) in [5.41, 5.74) is 5.36. The largest absolute Gasteiger partial charge is 0.481 e. The summed E-state index contributed by atoms with van der Waals surface area (Å²) < 4.78 is 2.91. The number of carbonyl (C=O) groups is 1. The van der Waals surface area contributed by atoms with Gasteiger partial charge in [-0.3, -0.25) is 9.78 Å². The maximum Gasteiger partial charge on any atom is 0.303 e. The SMILES string of the molecule is O=C(O)CC/C(=C\c1cn(-c2ccccc2)nc1-c1ccncc1)c1nc2ccccc2s1. The number of nitrogens with zero attached hydrogens (tertiary/aromatic N) is 4. The van der Waals surface area contributed by atoms with E-state index in [1.54, 1.807) is 23.7 Å². The van der Waals surface area contributed by atoms with Gasteiger partial charge in [-0.15, -0.1) is 11.3 Å². The standard InChI is InChI=1S/C26H20N4O2S/c31-24(32)11-10-19(26-28-22-8-4-5-9-23(22)33-26)16-20-17-30(21-6-2-1-3-7-21)29-25(20)18-12-14-27-15-13-18/h1-9,12-17H,10-11H2,(H,31,32)/b19-16+. The Balaban J connectivity index is 1.65. The molecule has 5 rings (SSSR count). The minimum Gasteiger partial charge on any atom is -0.481 e. The first-order valence-electron chi connectivity index (χ1n) is 10.5. The van der Waals surface area contributed by atoms with Gasteiger partial charge in [-0.05, 0) is 54.5 Å². The highest BCUT2D eigenvalue weighted by Crippen LogP contribution is 2.33. The molecule has 33 heavy (non-hydrogen) atoms. The van der Waals surface area contributed by atoms with Gasteiger partial charge in [0.1, 0.15) is 10.7 Å². The summed E-state index contributed by atoms with van der Waals surface area (Å²) in [5, 5.41) is 15.0. The predicted octanol–water partition coefficient (Wildman–Crippen LogP) is 5.95. The number of allylic oxidation sites excluding steroid dienone is 1. The average Bonchev–Trinajstić information content (AvgIpc) is 3.47. The molecule has 0 amide bonds. The number of carboxylic acids is 1. The van der Waals surface area contributed by atoms with Crippen LogP contribution >= 0.6 is 11.3 Å². The van der Waals surface area contributed by atoms with E-state index in [1.165, 1.54) is 0 Å². The molecule has 0 unspecified atom stereocenters. The molecule has 7 heteroatoms. The number of para-hydroxylation sites is 2. The lowest BCUT2D eigenvalue weighted by atomic mass is 10.0. The van der Waals surface area contributed by atoms with Crippen LogP contribution in [0, 0.1) is 0 Å². The van der Waals surface area contributed by atoms with E-state index in [1.807, 2.05) is 83.7 Å². The van der Waals surface area contributed by atoms with Crippen molar-refractivity contribution in [3.63, 3.8) is 0 Å². The molecule has 0 saturated carbocycles. The number of thiazole rings is 1. The van der Waals surface area contributed by atoms with E-state index in [0.717, 1.165) is 43.3 Å². The predicted molar refractivity (Wildman–Crippen MR) is 131 cm³/mol. The van der Waals surface area contributed by atoms with E-state index < -0.39 is 5.97 Å². The van der Waals surface area contributed by atoms with Gasteiger partial charge in [0.15, 0.2) is 0 Å². The quantitative estimate of drug-likeness (QED) is 0.330. The van der Waals surface area contributed by atoms with Crippen LogP contribution in [0.2, 0.25) is 0 Å². The molecule has 0 aliphatic carbocycles. The Morgan fingerprint density at radius 1 is 0.970 bits per heavy atom. The lowest BCUT2D eigenvalue weighted by Gasteiger charge is -2.04. The van der Waals surface area contributed by atoms with Gasteiger partial charge in [0.2, 0.25) is 0 Å². The van der Waals surface area contributed by atoms with Gasteiger partial charge >= 0.3 is 5.97 Å². The maximum absolute atomic E-state index is 11.4. The number of hydrogen-bond acceptors (Lipinski definition) is 5. The molecule has 2 aromatic carbocycles. The van der Waals surface area contributed by atoms with Crippen molar-refractivity contribution >= 4 is 39.2 Å². The van der Waals surface area contributed by atoms with Gasteiger partial charge in [-0.25, -0.2) is 9.67 Å². The Bertz CT molecular complexity index is 1410. The molecule has 3 aromatic heterocycles. The number of aromatic nitrogens is 4. The van der Waals surface area contributed by atoms with Crippen LogP contribution in [0.1, 0.15) is 23.4 Å². The Kier molecular flexibility index (Phi) is 5.78. The van der Waals surface area contributed by atoms with Crippen molar-refractivity contribution in [2.45, 2.75) is 12.8 Å². The zero-order chi connectivity index (χ0) is 22.6. The molecule has 6 nitrogen and oxygen atoms in total. The van der Waals surface area contributed by atoms with Gasteiger partial charge in [0.05, 0.1) is 15.9 Å². The first-order chi connectivity index (χ1) is 16.2. The van der Waals surface area contributed by atoms with Crippen molar-refractivity contribution in [1.82, 2.24) is 19.7 Å². The van der Waals surface area contributed by atoms with Crippen LogP contribution in [0.3, 0.4) is 0 Å². The molecule has 0 aliphatic rings. The van der Waals surface area contributed by atoms with Gasteiger partial charge in [-0.2, -0.15) is 5.10 Å². The lowest BCUT2D eigenvalue weighted by molar-refractivity contribution is -0.136. The zero-order valence-electron chi connectivity index (χ0n) is 17.6. The molecular weight excluding hydrogens is 432 g/mol. The second-order valence-electron chi connectivity index (χ2n) is 7.50. The van der Waals surface area contributed by atoms with E-state index in [2.05, 4.69) is 4.98 Å². The molecule has 1 N–H and O–H groups in total. The molecule has 5 aromatic rings. The molecule has 3 heterocycles. The van der Waals surface area contributed by atoms with Crippen molar-refractivity contribution in [2.75, 3.05) is 0 Å². The first-order valence-corrected chi connectivity index (χ1v) is 11.3. The van der Waals surface area contributed by atoms with Crippen LogP contribution in [0.25, 0.3) is 38.8 Å². The third-order valence-electron chi connectivity index (χ3n) is 5.22. The van der Waals surface area contributed by atoms with Crippen LogP contribution in [-0.2, 0) is 4.79 Å². The maximum atomic E-state index is 11.4. The van der Waals surface area contributed by atoms with Crippen molar-refractivity contribution in [2.24, 2.45) is 0 Å². The van der Waals surface area contributed by atoms with Crippen LogP contribution < -0.4 is 0 Å². The zero-order valence-corrected chi connectivity index (χ0v) is 18.4. The van der Waals surface area contributed by atoms with Crippen molar-refractivity contribution in [1.29, 1.82) is 0 Å². The topological polar surface area (TPSA) is 80.9 Å². The fourth-order valence-electron chi connectivity index (χ4n) is 3.62. The highest BCUT2D eigenvalue weighted by atomic mass is 32.1. The minimum absolute atomic E-state index is 0.0270. The second-order valence-corrected chi connectivity index (χ2v) is 8.53. The van der Waals surface area contributed by atoms with Crippen LogP contribution in [0.5, 0.6) is 0 Å². The van der Waals surface area contributed by atoms with E-state index in [-0.39, 0.29) is 6.42 Å². The average molecular weight is 453 g/mol. The lowest BCUT2D eigenvalue weighted by Crippen LogP contribution is -1.95. The van der Waals surface area contributed by atoms with Crippen LogP contribution in [0.15, 0.2) is 85.3 Å². The molecule has 0 atom stereocenters. The van der Waals surface area contributed by atoms with E-state index in [0.29, 0.717) is 6.42 Å². The molecule has 0 bridgehead atoms. The highest BCUT2D eigenvalue weighted by Gasteiger charge is 2.15. The number of pyridine rings is 1. The highest BCUT2D eigenvalue weighted by molar-refractivity contribution is 7.19. The third-order valence-corrected chi connectivity index (χ3v) is 6.34. The van der Waals surface area contributed by atoms with Gasteiger partial charge in [0.25, 0.3) is 0 Å². The Hall–Kier alpha value is -4.10. The monoisotopic (exact) mass is 452 g/mol. The molecular formula is C26H20N4O2S. The van der Waals surface area contributed by atoms with E-state index >= 15 is 0 Å². The van der Waals surface area contributed by atoms with Gasteiger partial charge in [0, 0.05) is 36.1 Å². The molecule has 162 valence electrons. The Morgan fingerprint density at radius 3 is 2.48 bits per heavy atom. The van der Waals surface area contributed by atoms with Crippen molar-refractivity contribution in [3.05, 3.63) is 95.9 Å². The summed E-state index contributed by atoms with van der Waals surface area (Å²) in [4.78, 5) is 20.3. The van der Waals surface area contributed by atoms with Gasteiger partial charge in [-0.1, -0.05) is 30.3 Å². The minimum atomic E-state index is -0.837. The molecule has 0 fully saturated rings. The van der Waals surface area contributed by atoms with Crippen LogP contribution in [-0.4, -0.2) is 30.8 Å². The van der Waals surface area contributed by atoms with Crippen molar-refractivity contribution in [3.8, 4) is 16.9 Å². The summed E-state index contributed by atoms with van der Waals surface area (Å²) >= 11 is 1.57. The smallest absolute Gasteiger partial charge is 0.303 e. The summed E-state index contributed by atoms with van der Waals surface area (Å²) in [7, 11) is 0. The number of rotatable bonds is 7. The third kappa shape index (κ3) is 4.58. The first kappa shape index (κ1) is 20.8. The molecule has 0 aliphatic heterocycles. The summed E-state index contributed by atoms with van der Waals surface area (Å²) in [6.07, 6.45) is 7.87. The van der Waals surface area contributed by atoms with Crippen LogP contribution in [0.4, 0.5) is 0 Å². The number of aliphatic carboxylic acids is 1. The fraction of sp³-hybridized carbons (Fsp3) is 0.0769. The molecule has 0 saturated heterocycles. The fourth-order valence-corrected chi connectivity index (χ4v) is 4.63. The number of benzene rings is 2. The normalized spacial score (nSPS) is 11.7. The van der Waals surface area contributed by atoms with Crippen molar-refractivity contribution < 1.29 is 9.90 Å². The van der Waals surface area contributed by atoms with E-state index in [9.17, 15) is 9.90 Å². The molecule has 0 radical (unpaired) electrons. The summed E-state index contributed by atoms with van der Waals surface area (Å²) in [5.74, 6) is -0.837. The second kappa shape index (κ2) is 9.18. The number of hydrogen-bond donors (Lipinski definition) is 1. The van der Waals surface area contributed by atoms with Gasteiger partial charge < -0.3 is 5.11 Å². The van der Waals surface area contributed by atoms with E-state index in [4.69, 9.17) is 10.1 Å². The molecule has 0 spiro atoms.